The summed E-state index contributed by atoms with van der Waals surface area (Å²) in [5, 5.41) is 13.1. The number of nitrogens with one attached hydrogen (secondary N) is 1. The molecular weight excluding hydrogens is 425 g/mol. The molecule has 0 saturated carbocycles. The van der Waals surface area contributed by atoms with Gasteiger partial charge in [0.2, 0.25) is 0 Å². The number of hydrogen-bond donors (Lipinski definition) is 1. The Labute approximate surface area is 187 Å². The van der Waals surface area contributed by atoms with Crippen LogP contribution in [0.3, 0.4) is 0 Å². The molecule has 8 heteroatoms. The fourth-order valence-electron chi connectivity index (χ4n) is 3.74. The summed E-state index contributed by atoms with van der Waals surface area (Å²) in [5.74, 6) is -0.503. The van der Waals surface area contributed by atoms with Gasteiger partial charge in [0.15, 0.2) is 0 Å². The minimum absolute atomic E-state index is 0.199. The van der Waals surface area contributed by atoms with Crippen molar-refractivity contribution in [2.45, 2.75) is 20.8 Å². The van der Waals surface area contributed by atoms with E-state index in [0.717, 1.165) is 38.7 Å². The first kappa shape index (κ1) is 20.1. The first-order chi connectivity index (χ1) is 15.4. The molecule has 0 radical (unpaired) electrons. The Morgan fingerprint density at radius 3 is 2.28 bits per heavy atom. The summed E-state index contributed by atoms with van der Waals surface area (Å²) in [6.07, 6.45) is 0. The van der Waals surface area contributed by atoms with Crippen LogP contribution in [0.25, 0.3) is 21.6 Å². The highest BCUT2D eigenvalue weighted by molar-refractivity contribution is 7.20. The van der Waals surface area contributed by atoms with Gasteiger partial charge < -0.3 is 5.32 Å². The topological polar surface area (TPSA) is 64.7 Å². The Kier molecular flexibility index (Phi) is 4.86. The summed E-state index contributed by atoms with van der Waals surface area (Å²) in [5.41, 5.74) is 4.79. The number of halogens is 1. The Morgan fingerprint density at radius 1 is 0.906 bits per heavy atom. The average molecular weight is 446 g/mol. The summed E-state index contributed by atoms with van der Waals surface area (Å²) < 4.78 is 16.9. The molecule has 160 valence electrons. The van der Waals surface area contributed by atoms with Crippen LogP contribution in [-0.2, 0) is 0 Å². The molecular formula is C24H20FN5OS. The van der Waals surface area contributed by atoms with Crippen LogP contribution in [-0.4, -0.2) is 25.5 Å². The van der Waals surface area contributed by atoms with Gasteiger partial charge in [-0.3, -0.25) is 4.79 Å². The first-order valence-corrected chi connectivity index (χ1v) is 10.9. The summed E-state index contributed by atoms with van der Waals surface area (Å²) in [6, 6.07) is 17.8. The highest BCUT2D eigenvalue weighted by atomic mass is 32.1. The molecule has 0 saturated heterocycles. The molecule has 2 aromatic carbocycles. The number of rotatable bonds is 4. The predicted octanol–water partition coefficient (Wildman–Crippen LogP) is 5.59. The van der Waals surface area contributed by atoms with Crippen molar-refractivity contribution in [2.24, 2.45) is 0 Å². The van der Waals surface area contributed by atoms with E-state index in [4.69, 9.17) is 0 Å². The van der Waals surface area contributed by atoms with Crippen LogP contribution in [0.4, 0.5) is 10.1 Å². The van der Waals surface area contributed by atoms with Crippen molar-refractivity contribution in [1.29, 1.82) is 0 Å². The number of aryl methyl sites for hydroxylation is 2. The summed E-state index contributed by atoms with van der Waals surface area (Å²) in [7, 11) is 0. The molecule has 0 spiro atoms. The maximum atomic E-state index is 13.3. The van der Waals surface area contributed by atoms with E-state index in [9.17, 15) is 9.18 Å². The van der Waals surface area contributed by atoms with Crippen LogP contribution in [0.2, 0.25) is 0 Å². The summed E-state index contributed by atoms with van der Waals surface area (Å²) >= 11 is 1.35. The van der Waals surface area contributed by atoms with Crippen molar-refractivity contribution in [3.05, 3.63) is 88.4 Å². The van der Waals surface area contributed by atoms with Crippen molar-refractivity contribution in [2.75, 3.05) is 5.32 Å². The Hall–Kier alpha value is -3.78. The van der Waals surface area contributed by atoms with E-state index in [1.54, 1.807) is 16.8 Å². The largest absolute Gasteiger partial charge is 0.318 e. The van der Waals surface area contributed by atoms with Crippen molar-refractivity contribution >= 4 is 33.1 Å². The molecule has 0 aliphatic rings. The van der Waals surface area contributed by atoms with E-state index in [1.165, 1.54) is 23.5 Å². The van der Waals surface area contributed by atoms with Crippen molar-refractivity contribution in [1.82, 2.24) is 19.6 Å². The molecule has 6 nitrogen and oxygen atoms in total. The quantitative estimate of drug-likeness (QED) is 0.392. The monoisotopic (exact) mass is 445 g/mol. The second-order valence-corrected chi connectivity index (χ2v) is 8.58. The zero-order valence-electron chi connectivity index (χ0n) is 17.8. The number of aromatic nitrogens is 4. The molecule has 5 aromatic rings. The highest BCUT2D eigenvalue weighted by Gasteiger charge is 2.20. The number of nitrogens with zero attached hydrogens (tertiary/aromatic N) is 4. The zero-order chi connectivity index (χ0) is 22.4. The Morgan fingerprint density at radius 2 is 1.56 bits per heavy atom. The number of carbonyl (C=O) groups excluding carboxylic acids is 1. The van der Waals surface area contributed by atoms with Gasteiger partial charge in [-0.1, -0.05) is 18.2 Å². The van der Waals surface area contributed by atoms with E-state index in [2.05, 4.69) is 15.5 Å². The lowest BCUT2D eigenvalue weighted by molar-refractivity contribution is 0.103. The standard InChI is InChI=1S/C24H20FN5OS/c1-14-20-13-21(32-24(20)30(27-14)19-11-9-17(25)10-12-19)23(31)26-22-15(2)28-29(16(22)3)18-7-5-4-6-8-18/h4-13H,1-3H3,(H,26,31). The van der Waals surface area contributed by atoms with Gasteiger partial charge in [0, 0.05) is 5.39 Å². The minimum Gasteiger partial charge on any atom is -0.318 e. The van der Waals surface area contributed by atoms with Gasteiger partial charge in [-0.05, 0) is 63.2 Å². The molecule has 1 N–H and O–H groups in total. The molecule has 1 amide bonds. The van der Waals surface area contributed by atoms with E-state index in [1.807, 2.05) is 61.9 Å². The van der Waals surface area contributed by atoms with E-state index in [0.29, 0.717) is 10.6 Å². The molecule has 3 heterocycles. The Bertz CT molecular complexity index is 1450. The van der Waals surface area contributed by atoms with Crippen LogP contribution in [0.1, 0.15) is 26.8 Å². The first-order valence-electron chi connectivity index (χ1n) is 10.1. The van der Waals surface area contributed by atoms with Gasteiger partial charge >= 0.3 is 0 Å². The molecule has 32 heavy (non-hydrogen) atoms. The molecule has 0 aliphatic carbocycles. The number of carbonyl (C=O) groups is 1. The van der Waals surface area contributed by atoms with Crippen LogP contribution in [0.5, 0.6) is 0 Å². The average Bonchev–Trinajstić information content (AvgIpc) is 3.44. The number of hydrogen-bond acceptors (Lipinski definition) is 4. The fourth-order valence-corrected chi connectivity index (χ4v) is 4.81. The minimum atomic E-state index is -0.304. The lowest BCUT2D eigenvalue weighted by Gasteiger charge is -2.06. The third kappa shape index (κ3) is 3.38. The van der Waals surface area contributed by atoms with E-state index >= 15 is 0 Å². The molecule has 0 unspecified atom stereocenters. The summed E-state index contributed by atoms with van der Waals surface area (Å²) in [6.45, 7) is 5.71. The van der Waals surface area contributed by atoms with Gasteiger partial charge in [0.1, 0.15) is 10.6 Å². The second kappa shape index (κ2) is 7.72. The number of amides is 1. The van der Waals surface area contributed by atoms with E-state index < -0.39 is 0 Å². The van der Waals surface area contributed by atoms with Gasteiger partial charge in [-0.2, -0.15) is 10.2 Å². The Balaban J connectivity index is 1.48. The molecule has 0 bridgehead atoms. The van der Waals surface area contributed by atoms with Crippen molar-refractivity contribution in [3.8, 4) is 11.4 Å². The van der Waals surface area contributed by atoms with Gasteiger partial charge in [0.25, 0.3) is 5.91 Å². The highest BCUT2D eigenvalue weighted by Crippen LogP contribution is 2.32. The van der Waals surface area contributed by atoms with Crippen molar-refractivity contribution in [3.63, 3.8) is 0 Å². The zero-order valence-corrected chi connectivity index (χ0v) is 18.6. The lowest BCUT2D eigenvalue weighted by atomic mass is 10.2. The molecule has 0 aliphatic heterocycles. The number of para-hydroxylation sites is 1. The number of anilines is 1. The van der Waals surface area contributed by atoms with Crippen molar-refractivity contribution < 1.29 is 9.18 Å². The third-order valence-electron chi connectivity index (χ3n) is 5.37. The van der Waals surface area contributed by atoms with Gasteiger partial charge in [-0.25, -0.2) is 13.8 Å². The SMILES string of the molecule is Cc1nn(-c2ccccc2)c(C)c1NC(=O)c1cc2c(C)nn(-c3ccc(F)cc3)c2s1. The number of fused-ring (bicyclic) bond motifs is 1. The molecule has 5 rings (SSSR count). The maximum absolute atomic E-state index is 13.3. The van der Waals surface area contributed by atoms with Crippen LogP contribution < -0.4 is 5.32 Å². The van der Waals surface area contributed by atoms with Crippen LogP contribution in [0.15, 0.2) is 60.7 Å². The van der Waals surface area contributed by atoms with Gasteiger partial charge in [-0.15, -0.1) is 11.3 Å². The normalized spacial score (nSPS) is 11.2. The number of thiophene rings is 1. The van der Waals surface area contributed by atoms with Gasteiger partial charge in [0.05, 0.1) is 39.0 Å². The number of benzene rings is 2. The summed E-state index contributed by atoms with van der Waals surface area (Å²) in [4.78, 5) is 14.5. The third-order valence-corrected chi connectivity index (χ3v) is 6.48. The predicted molar refractivity (Wildman–Crippen MR) is 125 cm³/mol. The lowest BCUT2D eigenvalue weighted by Crippen LogP contribution is -2.11. The molecule has 0 fully saturated rings. The van der Waals surface area contributed by atoms with Crippen LogP contribution >= 0.6 is 11.3 Å². The van der Waals surface area contributed by atoms with Crippen LogP contribution in [0, 0.1) is 26.6 Å². The fraction of sp³-hybridized carbons (Fsp3) is 0.125. The smallest absolute Gasteiger partial charge is 0.265 e. The maximum Gasteiger partial charge on any atom is 0.265 e. The van der Waals surface area contributed by atoms with E-state index in [-0.39, 0.29) is 11.7 Å². The molecule has 3 aromatic heterocycles. The molecule has 0 atom stereocenters. The second-order valence-electron chi connectivity index (χ2n) is 7.55.